The maximum absolute atomic E-state index is 10.7. The van der Waals surface area contributed by atoms with E-state index in [1.54, 1.807) is 0 Å². The number of unbranched alkanes of at least 4 members (excludes halogenated alkanes) is 7. The molecule has 0 fully saturated rings. The van der Waals surface area contributed by atoms with E-state index in [4.69, 9.17) is 0 Å². The van der Waals surface area contributed by atoms with Gasteiger partial charge in [0.05, 0.1) is 16.2 Å². The molecule has 0 spiro atoms. The summed E-state index contributed by atoms with van der Waals surface area (Å²) in [5.41, 5.74) is 0. The monoisotopic (exact) mass is 360 g/mol. The number of hydrogen-bond donors (Lipinski definition) is 1. The second kappa shape index (κ2) is 16.0. The molecule has 0 aromatic rings. The molecule has 22 heavy (non-hydrogen) atoms. The zero-order chi connectivity index (χ0) is 16.1. The van der Waals surface area contributed by atoms with E-state index >= 15 is 0 Å². The Morgan fingerprint density at radius 1 is 0.864 bits per heavy atom. The quantitative estimate of drug-likeness (QED) is 0.285. The molecule has 0 aliphatic rings. The molecule has 0 aromatic heterocycles. The first-order valence-electron chi connectivity index (χ1n) is 8.50. The molecular formula is C16H33KO4S. The number of hydrogen-bond acceptors (Lipinski definition) is 4. The molecule has 0 radical (unpaired) electrons. The summed E-state index contributed by atoms with van der Waals surface area (Å²) >= 11 is 0. The van der Waals surface area contributed by atoms with Crippen molar-refractivity contribution in [3.8, 4) is 0 Å². The Bertz CT molecular complexity index is 333. The van der Waals surface area contributed by atoms with E-state index in [1.807, 2.05) is 0 Å². The second-order valence-electron chi connectivity index (χ2n) is 6.15. The summed E-state index contributed by atoms with van der Waals surface area (Å²) in [7, 11) is -4.11. The van der Waals surface area contributed by atoms with Gasteiger partial charge in [0.1, 0.15) is 0 Å². The summed E-state index contributed by atoms with van der Waals surface area (Å²) in [4.78, 5) is 0. The molecule has 0 saturated carbocycles. The summed E-state index contributed by atoms with van der Waals surface area (Å²) in [6.45, 7) is 3.67. The Labute approximate surface area is 180 Å². The molecule has 0 aliphatic carbocycles. The first-order valence-corrected chi connectivity index (χ1v) is 9.97. The maximum Gasteiger partial charge on any atom is 1.00 e. The normalized spacial score (nSPS) is 14.4. The van der Waals surface area contributed by atoms with Crippen LogP contribution in [0.25, 0.3) is 0 Å². The summed E-state index contributed by atoms with van der Waals surface area (Å²) in [5, 5.41) is 9.05. The smallest absolute Gasteiger partial charge is 0.748 e. The summed E-state index contributed by atoms with van der Waals surface area (Å²) in [5.74, 6) is 0. The third kappa shape index (κ3) is 16.4. The Kier molecular flexibility index (Phi) is 18.7. The molecule has 2 atom stereocenters. The van der Waals surface area contributed by atoms with Gasteiger partial charge in [0, 0.05) is 5.25 Å². The van der Waals surface area contributed by atoms with Gasteiger partial charge in [0.15, 0.2) is 0 Å². The van der Waals surface area contributed by atoms with Crippen molar-refractivity contribution in [2.45, 2.75) is 102 Å². The van der Waals surface area contributed by atoms with Crippen LogP contribution in [-0.2, 0) is 10.1 Å². The van der Waals surface area contributed by atoms with Crippen molar-refractivity contribution >= 4 is 10.1 Å². The molecule has 2 unspecified atom stereocenters. The van der Waals surface area contributed by atoms with Gasteiger partial charge in [0.2, 0.25) is 0 Å². The van der Waals surface area contributed by atoms with Crippen molar-refractivity contribution in [2.75, 3.05) is 0 Å². The van der Waals surface area contributed by atoms with Gasteiger partial charge in [-0.25, -0.2) is 8.42 Å². The van der Waals surface area contributed by atoms with Crippen LogP contribution in [0, 0.1) is 0 Å². The molecule has 128 valence electrons. The number of aliphatic hydroxyl groups excluding tert-OH is 1. The molecule has 0 heterocycles. The predicted octanol–water partition coefficient (Wildman–Crippen LogP) is 0.986. The molecule has 1 N–H and O–H groups in total. The second-order valence-corrected chi connectivity index (χ2v) is 7.94. The average molecular weight is 361 g/mol. The molecule has 0 saturated heterocycles. The van der Waals surface area contributed by atoms with E-state index in [0.29, 0.717) is 6.42 Å². The topological polar surface area (TPSA) is 77.4 Å². The van der Waals surface area contributed by atoms with Crippen molar-refractivity contribution in [2.24, 2.45) is 0 Å². The first-order chi connectivity index (χ1) is 9.88. The van der Waals surface area contributed by atoms with E-state index < -0.39 is 15.4 Å². The van der Waals surface area contributed by atoms with Gasteiger partial charge in [-0.05, 0) is 26.2 Å². The summed E-state index contributed by atoms with van der Waals surface area (Å²) in [6.07, 6.45) is 11.8. The maximum atomic E-state index is 10.7. The van der Waals surface area contributed by atoms with Crippen LogP contribution in [-0.4, -0.2) is 29.4 Å². The van der Waals surface area contributed by atoms with Crippen LogP contribution in [0.3, 0.4) is 0 Å². The molecule has 0 rings (SSSR count). The third-order valence-corrected chi connectivity index (χ3v) is 5.25. The zero-order valence-corrected chi connectivity index (χ0v) is 18.7. The minimum atomic E-state index is -4.11. The first kappa shape index (κ1) is 25.7. The fourth-order valence-electron chi connectivity index (χ4n) is 2.44. The van der Waals surface area contributed by atoms with E-state index in [1.165, 1.54) is 26.2 Å². The molecule has 0 aromatic carbocycles. The van der Waals surface area contributed by atoms with E-state index in [-0.39, 0.29) is 57.5 Å². The molecular weight excluding hydrogens is 327 g/mol. The number of aliphatic hydroxyl groups is 1. The van der Waals surface area contributed by atoms with Crippen molar-refractivity contribution in [3.05, 3.63) is 0 Å². The van der Waals surface area contributed by atoms with E-state index in [2.05, 4.69) is 6.92 Å². The van der Waals surface area contributed by atoms with Crippen molar-refractivity contribution in [3.63, 3.8) is 0 Å². The van der Waals surface area contributed by atoms with Crippen LogP contribution in [0.15, 0.2) is 0 Å². The average Bonchev–Trinajstić information content (AvgIpc) is 2.41. The van der Waals surface area contributed by atoms with Gasteiger partial charge in [0.25, 0.3) is 0 Å². The Morgan fingerprint density at radius 2 is 1.27 bits per heavy atom. The summed E-state index contributed by atoms with van der Waals surface area (Å²) < 4.78 is 32.1. The van der Waals surface area contributed by atoms with Gasteiger partial charge in [-0.3, -0.25) is 0 Å². The molecule has 4 nitrogen and oxygen atoms in total. The van der Waals surface area contributed by atoms with E-state index in [9.17, 15) is 18.1 Å². The zero-order valence-electron chi connectivity index (χ0n) is 14.7. The van der Waals surface area contributed by atoms with Crippen molar-refractivity contribution in [1.82, 2.24) is 0 Å². The van der Waals surface area contributed by atoms with Gasteiger partial charge in [-0.15, -0.1) is 0 Å². The fraction of sp³-hybridized carbons (Fsp3) is 1.00. The molecule has 6 heteroatoms. The molecule has 0 aliphatic heterocycles. The Morgan fingerprint density at radius 3 is 1.73 bits per heavy atom. The van der Waals surface area contributed by atoms with Crippen molar-refractivity contribution in [1.29, 1.82) is 0 Å². The van der Waals surface area contributed by atoms with Gasteiger partial charge in [-0.2, -0.15) is 0 Å². The van der Waals surface area contributed by atoms with Crippen LogP contribution in [0.5, 0.6) is 0 Å². The summed E-state index contributed by atoms with van der Waals surface area (Å²) in [6, 6.07) is 0. The molecule has 0 bridgehead atoms. The fourth-order valence-corrected chi connectivity index (χ4v) is 2.89. The number of rotatable bonds is 14. The van der Waals surface area contributed by atoms with Crippen molar-refractivity contribution < 1.29 is 69.5 Å². The minimum Gasteiger partial charge on any atom is -0.748 e. The molecule has 0 amide bonds. The Hall–Kier alpha value is 1.51. The van der Waals surface area contributed by atoms with Crippen LogP contribution >= 0.6 is 0 Å². The predicted molar refractivity (Wildman–Crippen MR) is 86.2 cm³/mol. The SMILES string of the molecule is CCCCCCC(O)CCCCCCCC(C)S(=O)(=O)[O-].[K+]. The van der Waals surface area contributed by atoms with Gasteiger partial charge < -0.3 is 9.66 Å². The third-order valence-electron chi connectivity index (χ3n) is 4.03. The van der Waals surface area contributed by atoms with Crippen LogP contribution in [0.4, 0.5) is 0 Å². The minimum absolute atomic E-state index is 0. The van der Waals surface area contributed by atoms with Gasteiger partial charge >= 0.3 is 51.4 Å². The Balaban J connectivity index is 0. The van der Waals surface area contributed by atoms with Gasteiger partial charge in [-0.1, -0.05) is 64.7 Å². The largest absolute Gasteiger partial charge is 1.00 e. The van der Waals surface area contributed by atoms with E-state index in [0.717, 1.165) is 51.4 Å². The van der Waals surface area contributed by atoms with Crippen LogP contribution in [0.1, 0.15) is 90.9 Å². The van der Waals surface area contributed by atoms with Crippen LogP contribution < -0.4 is 51.4 Å². The van der Waals surface area contributed by atoms with Crippen LogP contribution in [0.2, 0.25) is 0 Å². The standard InChI is InChI=1S/C16H34O4S.K/c1-3-4-5-10-13-16(17)14-11-8-6-7-9-12-15(2)21(18,19)20;/h15-17H,3-14H2,1-2H3,(H,18,19,20);/q;+1/p-1.